The number of aliphatic hydroxyl groups is 6. The van der Waals surface area contributed by atoms with Crippen LogP contribution in [0.2, 0.25) is 0 Å². The molecule has 0 aromatic carbocycles. The van der Waals surface area contributed by atoms with E-state index in [1.165, 1.54) is 5.57 Å². The molecule has 0 unspecified atom stereocenters. The number of allylic oxidation sites excluding steroid dienone is 2. The molecular weight excluding hydrogens is 412 g/mol. The monoisotopic (exact) mass is 450 g/mol. The van der Waals surface area contributed by atoms with E-state index in [1.807, 2.05) is 0 Å². The summed E-state index contributed by atoms with van der Waals surface area (Å²) in [5.74, 6) is 0.401. The summed E-state index contributed by atoms with van der Waals surface area (Å²) in [7, 11) is 0. The van der Waals surface area contributed by atoms with Crippen LogP contribution in [0.25, 0.3) is 0 Å². The van der Waals surface area contributed by atoms with Crippen LogP contribution in [0.1, 0.15) is 40.0 Å². The van der Waals surface area contributed by atoms with Gasteiger partial charge in [0, 0.05) is 0 Å². The van der Waals surface area contributed by atoms with Crippen LogP contribution in [0.3, 0.4) is 0 Å². The summed E-state index contributed by atoms with van der Waals surface area (Å²) in [6, 6.07) is 0. The molecule has 182 valence electrons. The Morgan fingerprint density at radius 3 is 2.26 bits per heavy atom. The predicted molar refractivity (Wildman–Crippen MR) is 109 cm³/mol. The van der Waals surface area contributed by atoms with Crippen molar-refractivity contribution in [2.75, 3.05) is 19.8 Å². The largest absolute Gasteiger partial charge is 0.388 e. The molecule has 0 saturated carbocycles. The minimum Gasteiger partial charge on any atom is -0.388 e. The molecular formula is C21H38O10. The maximum atomic E-state index is 10.2. The van der Waals surface area contributed by atoms with E-state index in [0.29, 0.717) is 12.5 Å². The number of hydrogen-bond acceptors (Lipinski definition) is 10. The molecule has 0 spiro atoms. The van der Waals surface area contributed by atoms with Gasteiger partial charge in [0.1, 0.15) is 42.7 Å². The fourth-order valence-corrected chi connectivity index (χ4v) is 3.49. The Balaban J connectivity index is 1.81. The molecule has 2 aliphatic heterocycles. The van der Waals surface area contributed by atoms with Crippen molar-refractivity contribution in [3.8, 4) is 0 Å². The third-order valence-electron chi connectivity index (χ3n) is 5.65. The first-order valence-corrected chi connectivity index (χ1v) is 10.8. The molecule has 0 aromatic rings. The smallest absolute Gasteiger partial charge is 0.186 e. The van der Waals surface area contributed by atoms with Crippen molar-refractivity contribution < 1.29 is 49.6 Å². The van der Waals surface area contributed by atoms with Gasteiger partial charge in [-0.05, 0) is 39.0 Å². The molecule has 0 radical (unpaired) electrons. The Morgan fingerprint density at radius 2 is 1.58 bits per heavy atom. The van der Waals surface area contributed by atoms with Gasteiger partial charge in [0.2, 0.25) is 0 Å². The van der Waals surface area contributed by atoms with E-state index < -0.39 is 55.3 Å². The van der Waals surface area contributed by atoms with Crippen molar-refractivity contribution in [1.82, 2.24) is 0 Å². The molecule has 31 heavy (non-hydrogen) atoms. The van der Waals surface area contributed by atoms with Crippen molar-refractivity contribution in [1.29, 1.82) is 0 Å². The van der Waals surface area contributed by atoms with Gasteiger partial charge in [0.25, 0.3) is 0 Å². The lowest BCUT2D eigenvalue weighted by Crippen LogP contribution is -2.60. The van der Waals surface area contributed by atoms with Gasteiger partial charge < -0.3 is 49.6 Å². The Morgan fingerprint density at radius 1 is 0.903 bits per heavy atom. The highest BCUT2D eigenvalue weighted by Crippen LogP contribution is 2.25. The Bertz CT molecular complexity index is 554. The van der Waals surface area contributed by atoms with Gasteiger partial charge in [-0.2, -0.15) is 0 Å². The fourth-order valence-electron chi connectivity index (χ4n) is 3.49. The molecule has 0 aliphatic carbocycles. The Labute approximate surface area is 183 Å². The number of hydrogen-bond donors (Lipinski definition) is 6. The molecule has 0 bridgehead atoms. The quantitative estimate of drug-likeness (QED) is 0.229. The second-order valence-corrected chi connectivity index (χ2v) is 8.72. The van der Waals surface area contributed by atoms with Crippen LogP contribution in [0.15, 0.2) is 11.6 Å². The van der Waals surface area contributed by atoms with Gasteiger partial charge in [0.15, 0.2) is 12.6 Å². The van der Waals surface area contributed by atoms with Gasteiger partial charge in [-0.25, -0.2) is 0 Å². The molecule has 10 nitrogen and oxygen atoms in total. The average Bonchev–Trinajstić information content (AvgIpc) is 2.72. The SMILES string of the molecule is CC(C)=CCC[C@H](C)CCO[C@@H]1O[C@H](CO[C@H]2OC[C@H](O)[C@H](O)[C@@H]2O)[C@@H](O)[C@H](O)[C@H]1O. The highest BCUT2D eigenvalue weighted by atomic mass is 16.7. The molecule has 0 aromatic heterocycles. The summed E-state index contributed by atoms with van der Waals surface area (Å²) in [4.78, 5) is 0. The van der Waals surface area contributed by atoms with Gasteiger partial charge >= 0.3 is 0 Å². The first kappa shape index (κ1) is 26.6. The van der Waals surface area contributed by atoms with Crippen molar-refractivity contribution in [2.45, 2.75) is 95.3 Å². The first-order chi connectivity index (χ1) is 14.6. The third-order valence-corrected chi connectivity index (χ3v) is 5.65. The number of ether oxygens (including phenoxy) is 4. The molecule has 10 atom stereocenters. The van der Waals surface area contributed by atoms with Gasteiger partial charge in [-0.15, -0.1) is 0 Å². The second kappa shape index (κ2) is 12.5. The molecule has 2 aliphatic rings. The summed E-state index contributed by atoms with van der Waals surface area (Å²) in [5, 5.41) is 59.7. The molecule has 2 rings (SSSR count). The molecule has 6 N–H and O–H groups in total. The highest BCUT2D eigenvalue weighted by molar-refractivity contribution is 4.93. The van der Waals surface area contributed by atoms with E-state index >= 15 is 0 Å². The van der Waals surface area contributed by atoms with Crippen molar-refractivity contribution in [3.63, 3.8) is 0 Å². The molecule has 2 fully saturated rings. The first-order valence-electron chi connectivity index (χ1n) is 10.8. The summed E-state index contributed by atoms with van der Waals surface area (Å²) < 4.78 is 21.7. The van der Waals surface area contributed by atoms with E-state index in [1.54, 1.807) is 0 Å². The Hall–Kier alpha value is -0.660. The lowest BCUT2D eigenvalue weighted by Gasteiger charge is -2.41. The van der Waals surface area contributed by atoms with Crippen molar-refractivity contribution in [2.24, 2.45) is 5.92 Å². The van der Waals surface area contributed by atoms with Crippen LogP contribution in [-0.2, 0) is 18.9 Å². The lowest BCUT2D eigenvalue weighted by molar-refractivity contribution is -0.321. The van der Waals surface area contributed by atoms with Gasteiger partial charge in [-0.1, -0.05) is 18.6 Å². The third kappa shape index (κ3) is 7.71. The molecule has 10 heteroatoms. The maximum Gasteiger partial charge on any atom is 0.186 e. The summed E-state index contributed by atoms with van der Waals surface area (Å²) in [6.45, 7) is 6.01. The van der Waals surface area contributed by atoms with Crippen LogP contribution in [0.4, 0.5) is 0 Å². The minimum atomic E-state index is -1.51. The highest BCUT2D eigenvalue weighted by Gasteiger charge is 2.45. The van der Waals surface area contributed by atoms with Gasteiger partial charge in [-0.3, -0.25) is 0 Å². The minimum absolute atomic E-state index is 0.226. The van der Waals surface area contributed by atoms with Crippen molar-refractivity contribution in [3.05, 3.63) is 11.6 Å². The van der Waals surface area contributed by atoms with Crippen LogP contribution >= 0.6 is 0 Å². The lowest BCUT2D eigenvalue weighted by atomic mass is 9.99. The van der Waals surface area contributed by atoms with Crippen LogP contribution in [-0.4, -0.2) is 106 Å². The summed E-state index contributed by atoms with van der Waals surface area (Å²) in [6.07, 6.45) is -7.07. The number of aliphatic hydroxyl groups excluding tert-OH is 6. The van der Waals surface area contributed by atoms with Crippen LogP contribution in [0, 0.1) is 5.92 Å². The van der Waals surface area contributed by atoms with E-state index in [0.717, 1.165) is 19.3 Å². The van der Waals surface area contributed by atoms with E-state index in [4.69, 9.17) is 18.9 Å². The normalized spacial score (nSPS) is 39.8. The van der Waals surface area contributed by atoms with Gasteiger partial charge in [0.05, 0.1) is 19.8 Å². The zero-order chi connectivity index (χ0) is 23.1. The van der Waals surface area contributed by atoms with Crippen LogP contribution in [0.5, 0.6) is 0 Å². The summed E-state index contributed by atoms with van der Waals surface area (Å²) in [5.41, 5.74) is 1.28. The zero-order valence-corrected chi connectivity index (χ0v) is 18.4. The van der Waals surface area contributed by atoms with Crippen LogP contribution < -0.4 is 0 Å². The van der Waals surface area contributed by atoms with E-state index in [9.17, 15) is 30.6 Å². The fraction of sp³-hybridized carbons (Fsp3) is 0.905. The Kier molecular flexibility index (Phi) is 10.8. The van der Waals surface area contributed by atoms with E-state index in [-0.39, 0.29) is 13.2 Å². The number of rotatable bonds is 10. The molecule has 0 amide bonds. The zero-order valence-electron chi connectivity index (χ0n) is 18.4. The second-order valence-electron chi connectivity index (χ2n) is 8.72. The molecule has 2 heterocycles. The predicted octanol–water partition coefficient (Wildman–Crippen LogP) is -0.961. The topological polar surface area (TPSA) is 158 Å². The van der Waals surface area contributed by atoms with Crippen molar-refractivity contribution >= 4 is 0 Å². The standard InChI is InChI=1S/C21H38O10/c1-11(2)5-4-6-12(3)7-8-28-21-19(27)17(25)16(24)14(31-21)10-30-20-18(26)15(23)13(22)9-29-20/h5,12-27H,4,6-10H2,1-3H3/t12-,13-,14+,15-,16+,17-,18-,19+,20+,21+/m0/s1. The molecule has 2 saturated heterocycles. The average molecular weight is 451 g/mol. The van der Waals surface area contributed by atoms with E-state index in [2.05, 4.69) is 26.8 Å². The summed E-state index contributed by atoms with van der Waals surface area (Å²) >= 11 is 0. The maximum absolute atomic E-state index is 10.2.